The summed E-state index contributed by atoms with van der Waals surface area (Å²) in [6, 6.07) is 13.1. The third-order valence-corrected chi connectivity index (χ3v) is 6.64. The fourth-order valence-corrected chi connectivity index (χ4v) is 4.91. The van der Waals surface area contributed by atoms with Crippen LogP contribution in [0.25, 0.3) is 0 Å². The zero-order chi connectivity index (χ0) is 19.5. The number of hydrogen-bond donors (Lipinski definition) is 2. The van der Waals surface area contributed by atoms with E-state index in [4.69, 9.17) is 0 Å². The first kappa shape index (κ1) is 17.4. The molecule has 1 saturated carbocycles. The van der Waals surface area contributed by atoms with Gasteiger partial charge in [0.15, 0.2) is 0 Å². The number of nitrogens with zero attached hydrogens (tertiary/aromatic N) is 1. The van der Waals surface area contributed by atoms with E-state index in [0.717, 1.165) is 16.8 Å². The van der Waals surface area contributed by atoms with Crippen LogP contribution in [-0.4, -0.2) is 35.0 Å². The first-order valence-corrected chi connectivity index (χ1v) is 9.60. The Bertz CT molecular complexity index is 970. The molecule has 0 unspecified atom stereocenters. The Labute approximate surface area is 162 Å². The van der Waals surface area contributed by atoms with Crippen LogP contribution < -0.4 is 5.32 Å². The van der Waals surface area contributed by atoms with E-state index in [9.17, 15) is 19.1 Å². The second kappa shape index (κ2) is 5.88. The second-order valence-electron chi connectivity index (χ2n) is 8.11. The number of benzene rings is 2. The molecule has 5 nitrogen and oxygen atoms in total. The molecule has 0 aromatic heterocycles. The first-order valence-electron chi connectivity index (χ1n) is 9.60. The summed E-state index contributed by atoms with van der Waals surface area (Å²) in [5.41, 5.74) is 0.733. The quantitative estimate of drug-likeness (QED) is 0.860. The molecule has 1 aliphatic carbocycles. The van der Waals surface area contributed by atoms with E-state index in [2.05, 4.69) is 5.32 Å². The predicted octanol–water partition coefficient (Wildman–Crippen LogP) is 2.76. The molecule has 2 aliphatic heterocycles. The van der Waals surface area contributed by atoms with E-state index in [1.807, 2.05) is 24.3 Å². The molecule has 2 N–H and O–H groups in total. The first-order chi connectivity index (χ1) is 13.5. The summed E-state index contributed by atoms with van der Waals surface area (Å²) in [4.78, 5) is 28.3. The summed E-state index contributed by atoms with van der Waals surface area (Å²) in [5, 5.41) is 12.7. The molecule has 2 heterocycles. The van der Waals surface area contributed by atoms with Crippen LogP contribution in [0.3, 0.4) is 0 Å². The van der Waals surface area contributed by atoms with Gasteiger partial charge in [0.2, 0.25) is 11.8 Å². The molecule has 2 fully saturated rings. The Morgan fingerprint density at radius 2 is 1.86 bits per heavy atom. The lowest BCUT2D eigenvalue weighted by Gasteiger charge is -2.36. The molecular weight excluding hydrogens is 359 g/mol. The number of aliphatic hydroxyl groups is 1. The highest BCUT2D eigenvalue weighted by Crippen LogP contribution is 2.57. The molecule has 144 valence electrons. The van der Waals surface area contributed by atoms with Gasteiger partial charge in [0, 0.05) is 12.2 Å². The van der Waals surface area contributed by atoms with Crippen molar-refractivity contribution in [2.45, 2.75) is 30.7 Å². The van der Waals surface area contributed by atoms with Gasteiger partial charge in [-0.2, -0.15) is 0 Å². The van der Waals surface area contributed by atoms with E-state index in [0.29, 0.717) is 25.8 Å². The molecule has 0 bridgehead atoms. The average molecular weight is 380 g/mol. The number of likely N-dealkylation sites (tertiary alicyclic amines) is 1. The summed E-state index contributed by atoms with van der Waals surface area (Å²) >= 11 is 0. The van der Waals surface area contributed by atoms with Gasteiger partial charge in [0.1, 0.15) is 11.2 Å². The van der Waals surface area contributed by atoms with Crippen molar-refractivity contribution in [2.75, 3.05) is 18.5 Å². The van der Waals surface area contributed by atoms with E-state index < -0.39 is 16.9 Å². The monoisotopic (exact) mass is 380 g/mol. The van der Waals surface area contributed by atoms with Gasteiger partial charge < -0.3 is 15.3 Å². The predicted molar refractivity (Wildman–Crippen MR) is 101 cm³/mol. The molecule has 28 heavy (non-hydrogen) atoms. The molecular formula is C22H21FN2O3. The van der Waals surface area contributed by atoms with Crippen molar-refractivity contribution in [3.63, 3.8) is 0 Å². The van der Waals surface area contributed by atoms with Gasteiger partial charge in [-0.05, 0) is 48.6 Å². The number of carbonyl (C=O) groups excluding carboxylic acids is 2. The highest BCUT2D eigenvalue weighted by atomic mass is 19.1. The van der Waals surface area contributed by atoms with Gasteiger partial charge in [0.05, 0.1) is 18.1 Å². The van der Waals surface area contributed by atoms with Gasteiger partial charge in [-0.3, -0.25) is 9.59 Å². The lowest BCUT2D eigenvalue weighted by Crippen LogP contribution is -2.45. The number of nitrogens with one attached hydrogen (secondary N) is 1. The van der Waals surface area contributed by atoms with E-state index in [-0.39, 0.29) is 24.2 Å². The lowest BCUT2D eigenvalue weighted by atomic mass is 9.72. The number of rotatable bonds is 3. The van der Waals surface area contributed by atoms with Gasteiger partial charge in [-0.15, -0.1) is 0 Å². The minimum Gasteiger partial charge on any atom is -0.395 e. The molecule has 2 aromatic rings. The van der Waals surface area contributed by atoms with Gasteiger partial charge in [-0.25, -0.2) is 4.39 Å². The molecule has 3 aliphatic rings. The average Bonchev–Trinajstić information content (AvgIpc) is 3.34. The van der Waals surface area contributed by atoms with E-state index in [1.165, 1.54) is 12.1 Å². The van der Waals surface area contributed by atoms with Gasteiger partial charge >= 0.3 is 0 Å². The number of carbonyl (C=O) groups is 2. The number of para-hydroxylation sites is 1. The molecule has 5 rings (SSSR count). The molecule has 2 atom stereocenters. The standard InChI is InChI=1S/C22H21FN2O3/c23-15-7-5-14(6-8-15)18-22(16-3-1-2-4-17(16)24-19(22)27)11-12-25(18)20(28)21(13-26)9-10-21/h1-8,18,26H,9-13H2,(H,24,27)/t18-,22+/m0/s1. The largest absolute Gasteiger partial charge is 0.395 e. The highest BCUT2D eigenvalue weighted by Gasteiger charge is 2.62. The number of hydrogen-bond acceptors (Lipinski definition) is 3. The minimum absolute atomic E-state index is 0.113. The zero-order valence-corrected chi connectivity index (χ0v) is 15.3. The fourth-order valence-electron chi connectivity index (χ4n) is 4.91. The maximum absolute atomic E-state index is 13.6. The third kappa shape index (κ3) is 2.21. The molecule has 1 spiro atoms. The van der Waals surface area contributed by atoms with Crippen LogP contribution in [0.2, 0.25) is 0 Å². The van der Waals surface area contributed by atoms with Gasteiger partial charge in [-0.1, -0.05) is 30.3 Å². The SMILES string of the molecule is O=C(N1CC[C@]2(C(=O)Nc3ccccc32)[C@@H]1c1ccc(F)cc1)C1(CO)CC1. The summed E-state index contributed by atoms with van der Waals surface area (Å²) < 4.78 is 13.6. The fraction of sp³-hybridized carbons (Fsp3) is 0.364. The summed E-state index contributed by atoms with van der Waals surface area (Å²) in [5.74, 6) is -0.607. The molecule has 0 radical (unpaired) electrons. The van der Waals surface area contributed by atoms with Crippen molar-refractivity contribution in [3.05, 3.63) is 65.5 Å². The Kier molecular flexibility index (Phi) is 3.65. The number of anilines is 1. The maximum Gasteiger partial charge on any atom is 0.237 e. The van der Waals surface area contributed by atoms with Crippen LogP contribution in [0.1, 0.15) is 36.4 Å². The van der Waals surface area contributed by atoms with Crippen LogP contribution >= 0.6 is 0 Å². The van der Waals surface area contributed by atoms with Crippen molar-refractivity contribution in [1.82, 2.24) is 4.90 Å². The number of aliphatic hydroxyl groups excluding tert-OH is 1. The Morgan fingerprint density at radius 1 is 1.14 bits per heavy atom. The Balaban J connectivity index is 1.67. The second-order valence-corrected chi connectivity index (χ2v) is 8.11. The van der Waals surface area contributed by atoms with Crippen LogP contribution in [0, 0.1) is 11.2 Å². The van der Waals surface area contributed by atoms with E-state index in [1.54, 1.807) is 17.0 Å². The normalized spacial score (nSPS) is 27.0. The van der Waals surface area contributed by atoms with Crippen molar-refractivity contribution in [1.29, 1.82) is 0 Å². The maximum atomic E-state index is 13.6. The summed E-state index contributed by atoms with van der Waals surface area (Å²) in [6.07, 6.45) is 1.81. The summed E-state index contributed by atoms with van der Waals surface area (Å²) in [6.45, 7) is 0.235. The van der Waals surface area contributed by atoms with Crippen LogP contribution in [0.4, 0.5) is 10.1 Å². The van der Waals surface area contributed by atoms with Crippen molar-refractivity contribution in [2.24, 2.45) is 5.41 Å². The zero-order valence-electron chi connectivity index (χ0n) is 15.3. The molecule has 2 aromatic carbocycles. The van der Waals surface area contributed by atoms with Crippen molar-refractivity contribution < 1.29 is 19.1 Å². The third-order valence-electron chi connectivity index (χ3n) is 6.64. The highest BCUT2D eigenvalue weighted by molar-refractivity contribution is 6.08. The van der Waals surface area contributed by atoms with Crippen molar-refractivity contribution in [3.8, 4) is 0 Å². The molecule has 1 saturated heterocycles. The number of fused-ring (bicyclic) bond motifs is 2. The molecule has 2 amide bonds. The Morgan fingerprint density at radius 3 is 2.54 bits per heavy atom. The topological polar surface area (TPSA) is 69.6 Å². The summed E-state index contributed by atoms with van der Waals surface area (Å²) in [7, 11) is 0. The van der Waals surface area contributed by atoms with Crippen molar-refractivity contribution >= 4 is 17.5 Å². The number of halogens is 1. The number of amides is 2. The van der Waals surface area contributed by atoms with Crippen LogP contribution in [0.15, 0.2) is 48.5 Å². The Hall–Kier alpha value is -2.73. The van der Waals surface area contributed by atoms with Crippen LogP contribution in [0.5, 0.6) is 0 Å². The molecule has 6 heteroatoms. The minimum atomic E-state index is -0.907. The van der Waals surface area contributed by atoms with Gasteiger partial charge in [0.25, 0.3) is 0 Å². The van der Waals surface area contributed by atoms with Crippen LogP contribution in [-0.2, 0) is 15.0 Å². The lowest BCUT2D eigenvalue weighted by molar-refractivity contribution is -0.140. The van der Waals surface area contributed by atoms with E-state index >= 15 is 0 Å². The smallest absolute Gasteiger partial charge is 0.237 e.